The summed E-state index contributed by atoms with van der Waals surface area (Å²) in [5.74, 6) is -0.656. The van der Waals surface area contributed by atoms with Crippen molar-refractivity contribution >= 4 is 34.5 Å². The predicted octanol–water partition coefficient (Wildman–Crippen LogP) is 4.86. The Labute approximate surface area is 142 Å². The molecule has 0 fully saturated rings. The number of hydrogen-bond acceptors (Lipinski definition) is 2. The third-order valence-corrected chi connectivity index (χ3v) is 3.82. The molecular weight excluding hydrogens is 333 g/mol. The Balaban J connectivity index is 2.12. The Morgan fingerprint density at radius 3 is 2.79 bits per heavy atom. The van der Waals surface area contributed by atoms with E-state index in [0.29, 0.717) is 17.1 Å². The summed E-state index contributed by atoms with van der Waals surface area (Å²) in [6.07, 6.45) is 4.38. The molecule has 0 atom stereocenters. The minimum absolute atomic E-state index is 0.158. The van der Waals surface area contributed by atoms with Crippen molar-refractivity contribution in [3.05, 3.63) is 65.1 Å². The van der Waals surface area contributed by atoms with Gasteiger partial charge in [-0.05, 0) is 36.4 Å². The molecule has 0 aliphatic rings. The number of ether oxygens (including phenoxy) is 1. The Hall–Kier alpha value is -2.79. The number of hydrogen-bond donors (Lipinski definition) is 1. The standard InChI is InChI=1S/C18H13ClFNO3/c1-21-10-11(5-8-17(22)23)18-14(21)3-2-4-16(18)24-15-7-6-12(20)9-13(15)19/h2-10H,1H3,(H,22,23)/b8-5+. The number of carboxylic acids is 1. The average molecular weight is 346 g/mol. The van der Waals surface area contributed by atoms with Crippen LogP contribution in [0.2, 0.25) is 5.02 Å². The summed E-state index contributed by atoms with van der Waals surface area (Å²) in [6, 6.07) is 9.35. The third-order valence-electron chi connectivity index (χ3n) is 3.52. The summed E-state index contributed by atoms with van der Waals surface area (Å²) in [7, 11) is 1.86. The van der Waals surface area contributed by atoms with Crippen LogP contribution in [-0.2, 0) is 11.8 Å². The highest BCUT2D eigenvalue weighted by atomic mass is 35.5. The van der Waals surface area contributed by atoms with Crippen molar-refractivity contribution in [2.45, 2.75) is 0 Å². The van der Waals surface area contributed by atoms with Crippen molar-refractivity contribution in [3.8, 4) is 11.5 Å². The van der Waals surface area contributed by atoms with Crippen LogP contribution in [0.3, 0.4) is 0 Å². The second-order valence-electron chi connectivity index (χ2n) is 5.19. The maximum absolute atomic E-state index is 13.2. The Bertz CT molecular complexity index is 962. The Kier molecular flexibility index (Phi) is 4.27. The molecular formula is C18H13ClFNO3. The van der Waals surface area contributed by atoms with Crippen LogP contribution < -0.4 is 4.74 Å². The minimum Gasteiger partial charge on any atom is -0.478 e. The largest absolute Gasteiger partial charge is 0.478 e. The van der Waals surface area contributed by atoms with Crippen LogP contribution in [0.5, 0.6) is 11.5 Å². The maximum atomic E-state index is 13.2. The van der Waals surface area contributed by atoms with Crippen molar-refractivity contribution in [2.24, 2.45) is 7.05 Å². The summed E-state index contributed by atoms with van der Waals surface area (Å²) in [5.41, 5.74) is 1.57. The lowest BCUT2D eigenvalue weighted by molar-refractivity contribution is -0.131. The number of aliphatic carboxylic acids is 1. The number of fused-ring (bicyclic) bond motifs is 1. The van der Waals surface area contributed by atoms with E-state index in [1.807, 2.05) is 29.9 Å². The smallest absolute Gasteiger partial charge is 0.328 e. The summed E-state index contributed by atoms with van der Waals surface area (Å²) < 4.78 is 20.9. The van der Waals surface area contributed by atoms with E-state index >= 15 is 0 Å². The predicted molar refractivity (Wildman–Crippen MR) is 91.1 cm³/mol. The molecule has 0 aliphatic heterocycles. The maximum Gasteiger partial charge on any atom is 0.328 e. The first-order valence-corrected chi connectivity index (χ1v) is 7.45. The molecule has 122 valence electrons. The average Bonchev–Trinajstić information content (AvgIpc) is 2.85. The van der Waals surface area contributed by atoms with Crippen LogP contribution in [0.4, 0.5) is 4.39 Å². The van der Waals surface area contributed by atoms with Gasteiger partial charge >= 0.3 is 5.97 Å². The van der Waals surface area contributed by atoms with Crippen molar-refractivity contribution in [1.29, 1.82) is 0 Å². The molecule has 1 N–H and O–H groups in total. The first-order valence-electron chi connectivity index (χ1n) is 7.07. The van der Waals surface area contributed by atoms with Gasteiger partial charge < -0.3 is 14.4 Å². The summed E-state index contributed by atoms with van der Waals surface area (Å²) >= 11 is 6.02. The molecule has 0 saturated heterocycles. The van der Waals surface area contributed by atoms with Gasteiger partial charge in [-0.15, -0.1) is 0 Å². The van der Waals surface area contributed by atoms with E-state index in [2.05, 4.69) is 0 Å². The van der Waals surface area contributed by atoms with E-state index < -0.39 is 11.8 Å². The van der Waals surface area contributed by atoms with Crippen LogP contribution >= 0.6 is 11.6 Å². The molecule has 1 aromatic heterocycles. The molecule has 6 heteroatoms. The highest BCUT2D eigenvalue weighted by Crippen LogP contribution is 2.36. The van der Waals surface area contributed by atoms with Gasteiger partial charge in [-0.2, -0.15) is 0 Å². The topological polar surface area (TPSA) is 51.5 Å². The van der Waals surface area contributed by atoms with Gasteiger partial charge in [0, 0.05) is 30.3 Å². The van der Waals surface area contributed by atoms with Gasteiger partial charge in [-0.3, -0.25) is 0 Å². The van der Waals surface area contributed by atoms with E-state index in [-0.39, 0.29) is 5.02 Å². The van der Waals surface area contributed by atoms with Crippen molar-refractivity contribution in [3.63, 3.8) is 0 Å². The number of carbonyl (C=O) groups is 1. The van der Waals surface area contributed by atoms with E-state index in [4.69, 9.17) is 21.4 Å². The van der Waals surface area contributed by atoms with Crippen molar-refractivity contribution in [2.75, 3.05) is 0 Å². The van der Waals surface area contributed by atoms with Gasteiger partial charge in [0.15, 0.2) is 0 Å². The van der Waals surface area contributed by atoms with Gasteiger partial charge in [0.2, 0.25) is 0 Å². The molecule has 0 spiro atoms. The minimum atomic E-state index is -1.04. The molecule has 0 radical (unpaired) electrons. The molecule has 0 amide bonds. The van der Waals surface area contributed by atoms with Crippen molar-refractivity contribution in [1.82, 2.24) is 4.57 Å². The number of aromatic nitrogens is 1. The normalized spacial score (nSPS) is 11.3. The summed E-state index contributed by atoms with van der Waals surface area (Å²) in [6.45, 7) is 0. The van der Waals surface area contributed by atoms with E-state index in [1.165, 1.54) is 24.3 Å². The van der Waals surface area contributed by atoms with Gasteiger partial charge in [0.25, 0.3) is 0 Å². The summed E-state index contributed by atoms with van der Waals surface area (Å²) in [4.78, 5) is 10.8. The Morgan fingerprint density at radius 2 is 2.08 bits per heavy atom. The van der Waals surface area contributed by atoms with E-state index in [9.17, 15) is 9.18 Å². The lowest BCUT2D eigenvalue weighted by Gasteiger charge is -2.10. The molecule has 3 aromatic rings. The van der Waals surface area contributed by atoms with E-state index in [0.717, 1.165) is 17.0 Å². The lowest BCUT2D eigenvalue weighted by Crippen LogP contribution is -1.89. The highest BCUT2D eigenvalue weighted by Gasteiger charge is 2.13. The number of halogens is 2. The van der Waals surface area contributed by atoms with Crippen LogP contribution in [0.15, 0.2) is 48.7 Å². The Morgan fingerprint density at radius 1 is 1.29 bits per heavy atom. The van der Waals surface area contributed by atoms with E-state index in [1.54, 1.807) is 6.07 Å². The number of carboxylic acid groups (broad SMARTS) is 1. The molecule has 0 saturated carbocycles. The monoisotopic (exact) mass is 345 g/mol. The first-order chi connectivity index (χ1) is 11.5. The van der Waals surface area contributed by atoms with Gasteiger partial charge in [-0.25, -0.2) is 9.18 Å². The molecule has 4 nitrogen and oxygen atoms in total. The zero-order valence-electron chi connectivity index (χ0n) is 12.7. The number of aryl methyl sites for hydroxylation is 1. The van der Waals surface area contributed by atoms with Crippen molar-refractivity contribution < 1.29 is 19.0 Å². The second-order valence-corrected chi connectivity index (χ2v) is 5.60. The molecule has 1 heterocycles. The quantitative estimate of drug-likeness (QED) is 0.687. The van der Waals surface area contributed by atoms with Gasteiger partial charge in [0.05, 0.1) is 10.5 Å². The molecule has 3 rings (SSSR count). The summed E-state index contributed by atoms with van der Waals surface area (Å²) in [5, 5.41) is 9.75. The number of rotatable bonds is 4. The third kappa shape index (κ3) is 3.12. The fourth-order valence-corrected chi connectivity index (χ4v) is 2.70. The van der Waals surface area contributed by atoms with Gasteiger partial charge in [0.1, 0.15) is 17.3 Å². The molecule has 0 unspecified atom stereocenters. The SMILES string of the molecule is Cn1cc(/C=C/C(=O)O)c2c(Oc3ccc(F)cc3Cl)cccc21. The fourth-order valence-electron chi connectivity index (χ4n) is 2.50. The first kappa shape index (κ1) is 16.1. The second kappa shape index (κ2) is 6.37. The van der Waals surface area contributed by atoms with Crippen LogP contribution in [-0.4, -0.2) is 15.6 Å². The van der Waals surface area contributed by atoms with Gasteiger partial charge in [-0.1, -0.05) is 17.7 Å². The molecule has 24 heavy (non-hydrogen) atoms. The number of benzene rings is 2. The van der Waals surface area contributed by atoms with Crippen LogP contribution in [0.1, 0.15) is 5.56 Å². The fraction of sp³-hybridized carbons (Fsp3) is 0.0556. The molecule has 2 aromatic carbocycles. The lowest BCUT2D eigenvalue weighted by atomic mass is 10.1. The zero-order valence-corrected chi connectivity index (χ0v) is 13.4. The van der Waals surface area contributed by atoms with Crippen LogP contribution in [0, 0.1) is 5.82 Å². The zero-order chi connectivity index (χ0) is 17.3. The van der Waals surface area contributed by atoms with Crippen LogP contribution in [0.25, 0.3) is 17.0 Å². The molecule has 0 aliphatic carbocycles. The molecule has 0 bridgehead atoms. The highest BCUT2D eigenvalue weighted by molar-refractivity contribution is 6.32. The number of nitrogens with zero attached hydrogens (tertiary/aromatic N) is 1.